The SMILES string of the molecule is CCOc1ccccc1C(N)CN(CC)C1CCCCC1. The Labute approximate surface area is 129 Å². The molecule has 3 heteroatoms. The van der Waals surface area contributed by atoms with Crippen molar-refractivity contribution in [2.24, 2.45) is 5.73 Å². The molecule has 0 bridgehead atoms. The zero-order valence-electron chi connectivity index (χ0n) is 13.6. The van der Waals surface area contributed by atoms with Gasteiger partial charge in [0.05, 0.1) is 6.61 Å². The number of hydrogen-bond acceptors (Lipinski definition) is 3. The maximum atomic E-state index is 6.49. The lowest BCUT2D eigenvalue weighted by Gasteiger charge is -2.35. The van der Waals surface area contributed by atoms with Crippen molar-refractivity contribution in [3.05, 3.63) is 29.8 Å². The van der Waals surface area contributed by atoms with Crippen molar-refractivity contribution in [3.8, 4) is 5.75 Å². The van der Waals surface area contributed by atoms with Crippen molar-refractivity contribution < 1.29 is 4.74 Å². The molecule has 0 radical (unpaired) electrons. The molecule has 3 nitrogen and oxygen atoms in total. The zero-order valence-corrected chi connectivity index (χ0v) is 13.6. The monoisotopic (exact) mass is 290 g/mol. The maximum Gasteiger partial charge on any atom is 0.124 e. The summed E-state index contributed by atoms with van der Waals surface area (Å²) < 4.78 is 5.72. The molecule has 1 aliphatic carbocycles. The Kier molecular flexibility index (Phi) is 6.52. The Balaban J connectivity index is 2.03. The van der Waals surface area contributed by atoms with Gasteiger partial charge in [-0.3, -0.25) is 4.90 Å². The first-order valence-corrected chi connectivity index (χ1v) is 8.47. The summed E-state index contributed by atoms with van der Waals surface area (Å²) in [4.78, 5) is 2.56. The van der Waals surface area contributed by atoms with Gasteiger partial charge in [0, 0.05) is 24.2 Å². The second kappa shape index (κ2) is 8.40. The van der Waals surface area contributed by atoms with Gasteiger partial charge in [-0.1, -0.05) is 44.4 Å². The summed E-state index contributed by atoms with van der Waals surface area (Å²) in [6, 6.07) is 8.93. The van der Waals surface area contributed by atoms with Gasteiger partial charge in [-0.15, -0.1) is 0 Å². The zero-order chi connectivity index (χ0) is 15.1. The number of ether oxygens (including phenoxy) is 1. The summed E-state index contributed by atoms with van der Waals surface area (Å²) in [6.45, 7) is 6.95. The molecule has 1 fully saturated rings. The van der Waals surface area contributed by atoms with Crippen LogP contribution >= 0.6 is 0 Å². The molecular weight excluding hydrogens is 260 g/mol. The van der Waals surface area contributed by atoms with Crippen LogP contribution in [0.25, 0.3) is 0 Å². The molecule has 0 spiro atoms. The quantitative estimate of drug-likeness (QED) is 0.831. The minimum atomic E-state index is 0.0228. The lowest BCUT2D eigenvalue weighted by atomic mass is 9.93. The van der Waals surface area contributed by atoms with Crippen LogP contribution in [-0.4, -0.2) is 30.6 Å². The number of rotatable bonds is 7. The Morgan fingerprint density at radius 3 is 2.57 bits per heavy atom. The Hall–Kier alpha value is -1.06. The number of nitrogens with two attached hydrogens (primary N) is 1. The van der Waals surface area contributed by atoms with Gasteiger partial charge in [0.25, 0.3) is 0 Å². The number of hydrogen-bond donors (Lipinski definition) is 1. The summed E-state index contributed by atoms with van der Waals surface area (Å²) in [5.41, 5.74) is 7.62. The van der Waals surface area contributed by atoms with Gasteiger partial charge >= 0.3 is 0 Å². The van der Waals surface area contributed by atoms with Crippen LogP contribution in [0.5, 0.6) is 5.75 Å². The van der Waals surface area contributed by atoms with Crippen molar-refractivity contribution in [1.82, 2.24) is 4.90 Å². The second-order valence-electron chi connectivity index (χ2n) is 5.96. The Bertz CT molecular complexity index is 415. The molecule has 1 aromatic rings. The van der Waals surface area contributed by atoms with Crippen molar-refractivity contribution in [3.63, 3.8) is 0 Å². The summed E-state index contributed by atoms with van der Waals surface area (Å²) in [7, 11) is 0. The van der Waals surface area contributed by atoms with Crippen molar-refractivity contribution in [1.29, 1.82) is 0 Å². The average Bonchev–Trinajstić information content (AvgIpc) is 2.54. The molecule has 0 amide bonds. The smallest absolute Gasteiger partial charge is 0.124 e. The summed E-state index contributed by atoms with van der Waals surface area (Å²) in [5.74, 6) is 0.937. The van der Waals surface area contributed by atoms with E-state index in [-0.39, 0.29) is 6.04 Å². The maximum absolute atomic E-state index is 6.49. The van der Waals surface area contributed by atoms with E-state index in [4.69, 9.17) is 10.5 Å². The normalized spacial score (nSPS) is 17.9. The number of para-hydroxylation sites is 1. The molecule has 1 atom stereocenters. The number of likely N-dealkylation sites (N-methyl/N-ethyl adjacent to an activating group) is 1. The first-order valence-electron chi connectivity index (χ1n) is 8.47. The third-order valence-corrected chi connectivity index (χ3v) is 4.55. The van der Waals surface area contributed by atoms with E-state index < -0.39 is 0 Å². The lowest BCUT2D eigenvalue weighted by molar-refractivity contribution is 0.154. The van der Waals surface area contributed by atoms with Gasteiger partial charge in [-0.2, -0.15) is 0 Å². The van der Waals surface area contributed by atoms with E-state index in [1.54, 1.807) is 0 Å². The molecule has 0 aromatic heterocycles. The number of benzene rings is 1. The van der Waals surface area contributed by atoms with Crippen LogP contribution in [0.15, 0.2) is 24.3 Å². The summed E-state index contributed by atoms with van der Waals surface area (Å²) >= 11 is 0. The highest BCUT2D eigenvalue weighted by Crippen LogP contribution is 2.27. The van der Waals surface area contributed by atoms with E-state index in [9.17, 15) is 0 Å². The van der Waals surface area contributed by atoms with E-state index in [1.807, 2.05) is 19.1 Å². The predicted molar refractivity (Wildman–Crippen MR) is 88.7 cm³/mol. The summed E-state index contributed by atoms with van der Waals surface area (Å²) in [6.07, 6.45) is 6.78. The van der Waals surface area contributed by atoms with Crippen LogP contribution in [0.4, 0.5) is 0 Å². The average molecular weight is 290 g/mol. The fraction of sp³-hybridized carbons (Fsp3) is 0.667. The molecule has 118 valence electrons. The lowest BCUT2D eigenvalue weighted by Crippen LogP contribution is -2.41. The molecule has 21 heavy (non-hydrogen) atoms. The Morgan fingerprint density at radius 1 is 1.19 bits per heavy atom. The highest BCUT2D eigenvalue weighted by Gasteiger charge is 2.23. The van der Waals surface area contributed by atoms with E-state index in [1.165, 1.54) is 32.1 Å². The topological polar surface area (TPSA) is 38.5 Å². The molecule has 0 aliphatic heterocycles. The third kappa shape index (κ3) is 4.45. The van der Waals surface area contributed by atoms with Gasteiger partial charge in [-0.05, 0) is 32.4 Å². The minimum absolute atomic E-state index is 0.0228. The van der Waals surface area contributed by atoms with Crippen LogP contribution in [0.1, 0.15) is 57.6 Å². The third-order valence-electron chi connectivity index (χ3n) is 4.55. The van der Waals surface area contributed by atoms with Crippen LogP contribution in [0.3, 0.4) is 0 Å². The first-order chi connectivity index (χ1) is 10.3. The van der Waals surface area contributed by atoms with Crippen LogP contribution in [-0.2, 0) is 0 Å². The fourth-order valence-corrected chi connectivity index (χ4v) is 3.41. The van der Waals surface area contributed by atoms with E-state index in [0.717, 1.165) is 24.4 Å². The molecule has 0 saturated heterocycles. The first kappa shape index (κ1) is 16.3. The fourth-order valence-electron chi connectivity index (χ4n) is 3.41. The molecule has 2 rings (SSSR count). The van der Waals surface area contributed by atoms with E-state index >= 15 is 0 Å². The van der Waals surface area contributed by atoms with Gasteiger partial charge in [0.1, 0.15) is 5.75 Å². The van der Waals surface area contributed by atoms with Gasteiger partial charge in [-0.25, -0.2) is 0 Å². The minimum Gasteiger partial charge on any atom is -0.494 e. The van der Waals surface area contributed by atoms with Crippen LogP contribution in [0, 0.1) is 0 Å². The molecule has 1 aromatic carbocycles. The Morgan fingerprint density at radius 2 is 1.90 bits per heavy atom. The molecule has 1 aliphatic rings. The molecule has 1 saturated carbocycles. The highest BCUT2D eigenvalue weighted by molar-refractivity contribution is 5.36. The van der Waals surface area contributed by atoms with Crippen LogP contribution in [0.2, 0.25) is 0 Å². The standard InChI is InChI=1S/C18H30N2O/c1-3-20(15-10-6-5-7-11-15)14-17(19)16-12-8-9-13-18(16)21-4-2/h8-9,12-13,15,17H,3-7,10-11,14,19H2,1-2H3. The van der Waals surface area contributed by atoms with Crippen molar-refractivity contribution in [2.75, 3.05) is 19.7 Å². The van der Waals surface area contributed by atoms with Gasteiger partial charge in [0.15, 0.2) is 0 Å². The van der Waals surface area contributed by atoms with Crippen molar-refractivity contribution >= 4 is 0 Å². The molecule has 1 unspecified atom stereocenters. The largest absolute Gasteiger partial charge is 0.494 e. The number of nitrogens with zero attached hydrogens (tertiary/aromatic N) is 1. The van der Waals surface area contributed by atoms with E-state index in [2.05, 4.69) is 24.0 Å². The van der Waals surface area contributed by atoms with Crippen molar-refractivity contribution in [2.45, 2.75) is 58.0 Å². The van der Waals surface area contributed by atoms with Gasteiger partial charge < -0.3 is 10.5 Å². The predicted octanol–water partition coefficient (Wildman–Crippen LogP) is 3.74. The van der Waals surface area contributed by atoms with E-state index in [0.29, 0.717) is 12.6 Å². The van der Waals surface area contributed by atoms with Crippen LogP contribution < -0.4 is 10.5 Å². The highest BCUT2D eigenvalue weighted by atomic mass is 16.5. The molecule has 0 heterocycles. The molecular formula is C18H30N2O. The van der Waals surface area contributed by atoms with Gasteiger partial charge in [0.2, 0.25) is 0 Å². The molecule has 2 N–H and O–H groups in total. The second-order valence-corrected chi connectivity index (χ2v) is 5.96. The summed E-state index contributed by atoms with van der Waals surface area (Å²) in [5, 5.41) is 0.